The fraction of sp³-hybridized carbons (Fsp3) is 0.400. The summed E-state index contributed by atoms with van der Waals surface area (Å²) in [6.45, 7) is 6.41. The zero-order valence-corrected chi connectivity index (χ0v) is 15.6. The number of thiazole rings is 1. The molecule has 3 rings (SSSR count). The van der Waals surface area contributed by atoms with Gasteiger partial charge < -0.3 is 9.64 Å². The summed E-state index contributed by atoms with van der Waals surface area (Å²) in [5.74, 6) is 1.51. The molecule has 1 atom stereocenters. The Morgan fingerprint density at radius 3 is 2.88 bits per heavy atom. The second-order valence-electron chi connectivity index (χ2n) is 6.58. The smallest absolute Gasteiger partial charge is 0.246 e. The van der Waals surface area contributed by atoms with E-state index in [0.717, 1.165) is 41.5 Å². The van der Waals surface area contributed by atoms with E-state index in [4.69, 9.17) is 4.74 Å². The van der Waals surface area contributed by atoms with Gasteiger partial charge in [-0.25, -0.2) is 4.98 Å². The second kappa shape index (κ2) is 8.30. The minimum atomic E-state index is 0.103. The molecular weight excluding hydrogens is 332 g/mol. The lowest BCUT2D eigenvalue weighted by Gasteiger charge is -2.30. The Bertz CT molecular complexity index is 736. The van der Waals surface area contributed by atoms with Gasteiger partial charge in [0.05, 0.1) is 10.7 Å². The summed E-state index contributed by atoms with van der Waals surface area (Å²) >= 11 is 1.63. The van der Waals surface area contributed by atoms with Crippen LogP contribution in [-0.4, -0.2) is 28.9 Å². The highest BCUT2D eigenvalue weighted by Crippen LogP contribution is 2.18. The normalized spacial score (nSPS) is 17.8. The molecular formula is C20H24N2O2S. The van der Waals surface area contributed by atoms with E-state index >= 15 is 0 Å². The number of carbonyl (C=O) groups is 1. The van der Waals surface area contributed by atoms with Gasteiger partial charge in [0.2, 0.25) is 5.91 Å². The van der Waals surface area contributed by atoms with Crippen LogP contribution in [0.2, 0.25) is 0 Å². The lowest BCUT2D eigenvalue weighted by molar-refractivity contribution is -0.127. The number of rotatable bonds is 5. The first-order valence-corrected chi connectivity index (χ1v) is 9.59. The van der Waals surface area contributed by atoms with Crippen molar-refractivity contribution in [3.05, 3.63) is 52.0 Å². The van der Waals surface area contributed by atoms with E-state index in [9.17, 15) is 4.79 Å². The van der Waals surface area contributed by atoms with Gasteiger partial charge in [0, 0.05) is 24.5 Å². The largest absolute Gasteiger partial charge is 0.487 e. The van der Waals surface area contributed by atoms with Gasteiger partial charge >= 0.3 is 0 Å². The highest BCUT2D eigenvalue weighted by atomic mass is 32.1. The van der Waals surface area contributed by atoms with Gasteiger partial charge in [-0.05, 0) is 49.5 Å². The zero-order chi connectivity index (χ0) is 17.6. The Balaban J connectivity index is 1.52. The van der Waals surface area contributed by atoms with Crippen LogP contribution in [0.3, 0.4) is 0 Å². The second-order valence-corrected chi connectivity index (χ2v) is 7.64. The van der Waals surface area contributed by atoms with Crippen LogP contribution in [0.1, 0.15) is 36.0 Å². The van der Waals surface area contributed by atoms with Crippen molar-refractivity contribution in [1.82, 2.24) is 9.88 Å². The van der Waals surface area contributed by atoms with Gasteiger partial charge in [0.15, 0.2) is 0 Å². The maximum Gasteiger partial charge on any atom is 0.246 e. The zero-order valence-electron chi connectivity index (χ0n) is 14.8. The highest BCUT2D eigenvalue weighted by molar-refractivity contribution is 7.09. The number of likely N-dealkylation sites (tertiary alicyclic amines) is 1. The van der Waals surface area contributed by atoms with Gasteiger partial charge in [-0.3, -0.25) is 4.79 Å². The van der Waals surface area contributed by atoms with Crippen molar-refractivity contribution in [2.45, 2.75) is 33.3 Å². The Hall–Kier alpha value is -2.14. The number of aromatic nitrogens is 1. The lowest BCUT2D eigenvalue weighted by atomic mass is 10.0. The van der Waals surface area contributed by atoms with Crippen molar-refractivity contribution in [3.63, 3.8) is 0 Å². The molecule has 0 saturated carbocycles. The first-order valence-electron chi connectivity index (χ1n) is 8.71. The fourth-order valence-corrected chi connectivity index (χ4v) is 3.57. The molecule has 2 heterocycles. The van der Waals surface area contributed by atoms with E-state index in [1.807, 2.05) is 47.5 Å². The fourth-order valence-electron chi connectivity index (χ4n) is 2.97. The summed E-state index contributed by atoms with van der Waals surface area (Å²) in [6, 6.07) is 7.77. The molecule has 0 spiro atoms. The summed E-state index contributed by atoms with van der Waals surface area (Å²) in [6.07, 6.45) is 5.86. The van der Waals surface area contributed by atoms with Crippen molar-refractivity contribution in [1.29, 1.82) is 0 Å². The molecule has 2 aromatic rings. The molecule has 1 aromatic carbocycles. The highest BCUT2D eigenvalue weighted by Gasteiger charge is 2.18. The Morgan fingerprint density at radius 2 is 2.20 bits per heavy atom. The van der Waals surface area contributed by atoms with E-state index in [1.165, 1.54) is 6.42 Å². The third kappa shape index (κ3) is 5.16. The number of ether oxygens (including phenoxy) is 1. The molecule has 1 aromatic heterocycles. The number of hydrogen-bond donors (Lipinski definition) is 0. The molecule has 0 radical (unpaired) electrons. The molecule has 1 aliphatic heterocycles. The minimum absolute atomic E-state index is 0.103. The molecule has 5 heteroatoms. The Kier molecular flexibility index (Phi) is 5.87. The first kappa shape index (κ1) is 17.7. The van der Waals surface area contributed by atoms with E-state index < -0.39 is 0 Å². The van der Waals surface area contributed by atoms with Crippen molar-refractivity contribution in [2.24, 2.45) is 5.92 Å². The molecule has 1 unspecified atom stereocenters. The van der Waals surface area contributed by atoms with Crippen LogP contribution in [0.25, 0.3) is 6.08 Å². The number of hydrogen-bond acceptors (Lipinski definition) is 4. The molecule has 1 amide bonds. The summed E-state index contributed by atoms with van der Waals surface area (Å²) in [5, 5.41) is 3.06. The van der Waals surface area contributed by atoms with Gasteiger partial charge in [-0.2, -0.15) is 0 Å². The van der Waals surface area contributed by atoms with Crippen LogP contribution in [0.4, 0.5) is 0 Å². The number of benzene rings is 1. The molecule has 1 aliphatic rings. The average molecular weight is 356 g/mol. The molecule has 1 saturated heterocycles. The van der Waals surface area contributed by atoms with Crippen LogP contribution < -0.4 is 4.74 Å². The maximum absolute atomic E-state index is 12.3. The molecule has 0 aliphatic carbocycles. The minimum Gasteiger partial charge on any atom is -0.487 e. The van der Waals surface area contributed by atoms with Crippen molar-refractivity contribution >= 4 is 23.3 Å². The number of carbonyl (C=O) groups excluding carboxylic acids is 1. The summed E-state index contributed by atoms with van der Waals surface area (Å²) in [4.78, 5) is 18.6. The van der Waals surface area contributed by atoms with Crippen LogP contribution in [-0.2, 0) is 11.4 Å². The predicted molar refractivity (Wildman–Crippen MR) is 102 cm³/mol. The predicted octanol–water partition coefficient (Wildman–Crippen LogP) is 4.30. The van der Waals surface area contributed by atoms with Crippen LogP contribution >= 0.6 is 11.3 Å². The van der Waals surface area contributed by atoms with Gasteiger partial charge in [0.25, 0.3) is 0 Å². The van der Waals surface area contributed by atoms with Crippen LogP contribution in [0.15, 0.2) is 35.7 Å². The monoisotopic (exact) mass is 356 g/mol. The lowest BCUT2D eigenvalue weighted by Crippen LogP contribution is -2.38. The number of amides is 1. The van der Waals surface area contributed by atoms with Gasteiger partial charge in [-0.15, -0.1) is 11.3 Å². The standard InChI is InChI=1S/C20H24N2O2S/c1-15-4-3-11-22(12-15)20(23)10-7-17-5-8-19(9-6-17)24-13-18-14-25-16(2)21-18/h5-10,14-15H,3-4,11-13H2,1-2H3. The van der Waals surface area contributed by atoms with Crippen LogP contribution in [0.5, 0.6) is 5.75 Å². The van der Waals surface area contributed by atoms with Crippen molar-refractivity contribution in [3.8, 4) is 5.75 Å². The molecule has 0 bridgehead atoms. The average Bonchev–Trinajstić information content (AvgIpc) is 3.04. The van der Waals surface area contributed by atoms with E-state index in [0.29, 0.717) is 12.5 Å². The molecule has 25 heavy (non-hydrogen) atoms. The molecule has 1 fully saturated rings. The number of nitrogens with zero attached hydrogens (tertiary/aromatic N) is 2. The molecule has 0 N–H and O–H groups in total. The van der Waals surface area contributed by atoms with Crippen LogP contribution in [0, 0.1) is 12.8 Å². The van der Waals surface area contributed by atoms with Crippen molar-refractivity contribution in [2.75, 3.05) is 13.1 Å². The SMILES string of the molecule is Cc1nc(COc2ccc(C=CC(=O)N3CCCC(C)C3)cc2)cs1. The Morgan fingerprint density at radius 1 is 1.40 bits per heavy atom. The maximum atomic E-state index is 12.3. The summed E-state index contributed by atoms with van der Waals surface area (Å²) in [7, 11) is 0. The third-order valence-corrected chi connectivity index (χ3v) is 5.14. The van der Waals surface area contributed by atoms with Crippen molar-refractivity contribution < 1.29 is 9.53 Å². The summed E-state index contributed by atoms with van der Waals surface area (Å²) < 4.78 is 5.74. The van der Waals surface area contributed by atoms with E-state index in [-0.39, 0.29) is 5.91 Å². The molecule has 4 nitrogen and oxygen atoms in total. The van der Waals surface area contributed by atoms with E-state index in [1.54, 1.807) is 17.4 Å². The van der Waals surface area contributed by atoms with Gasteiger partial charge in [0.1, 0.15) is 12.4 Å². The van der Waals surface area contributed by atoms with Gasteiger partial charge in [-0.1, -0.05) is 19.1 Å². The molecule has 132 valence electrons. The number of piperidine rings is 1. The third-order valence-electron chi connectivity index (χ3n) is 4.32. The topological polar surface area (TPSA) is 42.4 Å². The number of aryl methyl sites for hydroxylation is 1. The first-order chi connectivity index (χ1) is 12.1. The Labute approximate surface area is 153 Å². The quantitative estimate of drug-likeness (QED) is 0.750. The van der Waals surface area contributed by atoms with E-state index in [2.05, 4.69) is 11.9 Å². The summed E-state index contributed by atoms with van der Waals surface area (Å²) in [5.41, 5.74) is 1.95.